The summed E-state index contributed by atoms with van der Waals surface area (Å²) in [5, 5.41) is 20.6. The SMILES string of the molecule is O=C(Nc1cccc(Br)c1)c1n[nH]c2ccc([N+](=O)[O-])cc12. The maximum Gasteiger partial charge on any atom is 0.276 e. The number of halogens is 1. The Morgan fingerprint density at radius 3 is 2.82 bits per heavy atom. The molecule has 7 nitrogen and oxygen atoms in total. The van der Waals surface area contributed by atoms with Gasteiger partial charge in [0.25, 0.3) is 11.6 Å². The van der Waals surface area contributed by atoms with Crippen LogP contribution in [0.25, 0.3) is 10.9 Å². The normalized spacial score (nSPS) is 10.6. The van der Waals surface area contributed by atoms with E-state index in [1.54, 1.807) is 18.2 Å². The van der Waals surface area contributed by atoms with Crippen molar-refractivity contribution in [1.29, 1.82) is 0 Å². The summed E-state index contributed by atoms with van der Waals surface area (Å²) in [6, 6.07) is 11.3. The van der Waals surface area contributed by atoms with Crippen LogP contribution in [-0.4, -0.2) is 21.0 Å². The molecule has 0 spiro atoms. The molecule has 0 aliphatic heterocycles. The third-order valence-corrected chi connectivity index (χ3v) is 3.55. The van der Waals surface area contributed by atoms with Gasteiger partial charge >= 0.3 is 0 Å². The standard InChI is InChI=1S/C14H9BrN4O3/c15-8-2-1-3-9(6-8)16-14(20)13-11-7-10(19(21)22)4-5-12(11)17-18-13/h1-7H,(H,16,20)(H,17,18). The fourth-order valence-electron chi connectivity index (χ4n) is 2.05. The zero-order valence-corrected chi connectivity index (χ0v) is 12.6. The van der Waals surface area contributed by atoms with Crippen LogP contribution in [0.2, 0.25) is 0 Å². The molecule has 1 amide bonds. The molecule has 0 fully saturated rings. The highest BCUT2D eigenvalue weighted by Gasteiger charge is 2.17. The average molecular weight is 361 g/mol. The molecule has 0 atom stereocenters. The van der Waals surface area contributed by atoms with Gasteiger partial charge in [0.2, 0.25) is 0 Å². The number of carbonyl (C=O) groups is 1. The molecule has 0 aliphatic carbocycles. The molecule has 0 unspecified atom stereocenters. The van der Waals surface area contributed by atoms with Gasteiger partial charge in [0, 0.05) is 27.7 Å². The Balaban J connectivity index is 1.97. The lowest BCUT2D eigenvalue weighted by molar-refractivity contribution is -0.384. The minimum absolute atomic E-state index is 0.0922. The number of aromatic nitrogens is 2. The Morgan fingerprint density at radius 1 is 1.27 bits per heavy atom. The number of amides is 1. The molecule has 3 aromatic rings. The van der Waals surface area contributed by atoms with Crippen LogP contribution >= 0.6 is 15.9 Å². The number of aromatic amines is 1. The van der Waals surface area contributed by atoms with E-state index in [2.05, 4.69) is 31.4 Å². The van der Waals surface area contributed by atoms with Crippen molar-refractivity contribution in [3.8, 4) is 0 Å². The van der Waals surface area contributed by atoms with Crippen LogP contribution in [0.4, 0.5) is 11.4 Å². The highest BCUT2D eigenvalue weighted by atomic mass is 79.9. The second-order valence-corrected chi connectivity index (χ2v) is 5.44. The number of H-pyrrole nitrogens is 1. The van der Waals surface area contributed by atoms with E-state index in [0.717, 1.165) is 4.47 Å². The first-order valence-electron chi connectivity index (χ1n) is 6.24. The molecular formula is C14H9BrN4O3. The van der Waals surface area contributed by atoms with Crippen molar-refractivity contribution in [2.45, 2.75) is 0 Å². The van der Waals surface area contributed by atoms with Crippen molar-refractivity contribution in [2.75, 3.05) is 5.32 Å². The highest BCUT2D eigenvalue weighted by molar-refractivity contribution is 9.10. The summed E-state index contributed by atoms with van der Waals surface area (Å²) in [4.78, 5) is 22.6. The van der Waals surface area contributed by atoms with E-state index in [4.69, 9.17) is 0 Å². The molecule has 0 saturated heterocycles. The Hall–Kier alpha value is -2.74. The zero-order valence-electron chi connectivity index (χ0n) is 11.0. The predicted molar refractivity (Wildman–Crippen MR) is 84.8 cm³/mol. The maximum absolute atomic E-state index is 12.3. The van der Waals surface area contributed by atoms with Gasteiger partial charge in [0.15, 0.2) is 5.69 Å². The molecule has 0 aliphatic rings. The number of carbonyl (C=O) groups excluding carboxylic acids is 1. The molecule has 2 N–H and O–H groups in total. The summed E-state index contributed by atoms with van der Waals surface area (Å²) in [5.74, 6) is -0.440. The van der Waals surface area contributed by atoms with Crippen molar-refractivity contribution >= 4 is 44.1 Å². The number of nitro benzene ring substituents is 1. The van der Waals surface area contributed by atoms with E-state index in [-0.39, 0.29) is 11.4 Å². The largest absolute Gasteiger partial charge is 0.321 e. The van der Waals surface area contributed by atoms with Gasteiger partial charge in [-0.25, -0.2) is 0 Å². The summed E-state index contributed by atoms with van der Waals surface area (Å²) in [6.07, 6.45) is 0. The van der Waals surface area contributed by atoms with Gasteiger partial charge in [-0.3, -0.25) is 20.0 Å². The molecule has 0 saturated carbocycles. The van der Waals surface area contributed by atoms with Gasteiger partial charge in [-0.15, -0.1) is 0 Å². The lowest BCUT2D eigenvalue weighted by Crippen LogP contribution is -2.12. The van der Waals surface area contributed by atoms with Gasteiger partial charge in [0.1, 0.15) is 0 Å². The van der Waals surface area contributed by atoms with E-state index in [0.29, 0.717) is 16.6 Å². The Labute approximate surface area is 132 Å². The maximum atomic E-state index is 12.3. The quantitative estimate of drug-likeness (QED) is 0.551. The van der Waals surface area contributed by atoms with Gasteiger partial charge < -0.3 is 5.32 Å². The van der Waals surface area contributed by atoms with Gasteiger partial charge in [-0.1, -0.05) is 22.0 Å². The molecule has 0 radical (unpaired) electrons. The second kappa shape index (κ2) is 5.57. The van der Waals surface area contributed by atoms with E-state index in [1.165, 1.54) is 18.2 Å². The molecular weight excluding hydrogens is 352 g/mol. The fourth-order valence-corrected chi connectivity index (χ4v) is 2.44. The Kier molecular flexibility index (Phi) is 3.60. The van der Waals surface area contributed by atoms with Gasteiger partial charge in [0.05, 0.1) is 10.4 Å². The average Bonchev–Trinajstić information content (AvgIpc) is 2.90. The summed E-state index contributed by atoms with van der Waals surface area (Å²) in [5.41, 5.74) is 1.18. The molecule has 22 heavy (non-hydrogen) atoms. The molecule has 1 heterocycles. The first-order chi connectivity index (χ1) is 10.5. The number of non-ortho nitro benzene ring substituents is 1. The van der Waals surface area contributed by atoms with Crippen LogP contribution in [-0.2, 0) is 0 Å². The third-order valence-electron chi connectivity index (χ3n) is 3.05. The summed E-state index contributed by atoms with van der Waals surface area (Å²) < 4.78 is 0.827. The fraction of sp³-hybridized carbons (Fsp3) is 0. The molecule has 110 valence electrons. The van der Waals surface area contributed by atoms with Crippen molar-refractivity contribution < 1.29 is 9.72 Å². The lowest BCUT2D eigenvalue weighted by Gasteiger charge is -2.03. The number of anilines is 1. The number of nitrogens with zero attached hydrogens (tertiary/aromatic N) is 2. The number of benzene rings is 2. The van der Waals surface area contributed by atoms with Crippen LogP contribution in [0.3, 0.4) is 0 Å². The van der Waals surface area contributed by atoms with Gasteiger partial charge in [-0.05, 0) is 24.3 Å². The van der Waals surface area contributed by atoms with Crippen molar-refractivity contribution in [3.05, 3.63) is 62.7 Å². The topological polar surface area (TPSA) is 101 Å². The molecule has 8 heteroatoms. The Bertz CT molecular complexity index is 891. The number of hydrogen-bond acceptors (Lipinski definition) is 4. The minimum atomic E-state index is -0.511. The van der Waals surface area contributed by atoms with E-state index < -0.39 is 10.8 Å². The first kappa shape index (κ1) is 14.2. The van der Waals surface area contributed by atoms with Crippen LogP contribution in [0, 0.1) is 10.1 Å². The first-order valence-corrected chi connectivity index (χ1v) is 7.03. The lowest BCUT2D eigenvalue weighted by atomic mass is 10.2. The second-order valence-electron chi connectivity index (χ2n) is 4.52. The number of fused-ring (bicyclic) bond motifs is 1. The number of nitrogens with one attached hydrogen (secondary N) is 2. The number of nitro groups is 1. The van der Waals surface area contributed by atoms with Crippen molar-refractivity contribution in [3.63, 3.8) is 0 Å². The van der Waals surface area contributed by atoms with Gasteiger partial charge in [-0.2, -0.15) is 5.10 Å². The van der Waals surface area contributed by atoms with E-state index in [9.17, 15) is 14.9 Å². The van der Waals surface area contributed by atoms with Crippen molar-refractivity contribution in [1.82, 2.24) is 10.2 Å². The van der Waals surface area contributed by atoms with E-state index >= 15 is 0 Å². The third kappa shape index (κ3) is 2.68. The van der Waals surface area contributed by atoms with Crippen LogP contribution in [0.5, 0.6) is 0 Å². The molecule has 1 aromatic heterocycles. The van der Waals surface area contributed by atoms with Crippen molar-refractivity contribution in [2.24, 2.45) is 0 Å². The van der Waals surface area contributed by atoms with Crippen LogP contribution < -0.4 is 5.32 Å². The molecule has 3 rings (SSSR count). The highest BCUT2D eigenvalue weighted by Crippen LogP contribution is 2.23. The van der Waals surface area contributed by atoms with Crippen LogP contribution in [0.15, 0.2) is 46.9 Å². The minimum Gasteiger partial charge on any atom is -0.321 e. The zero-order chi connectivity index (χ0) is 15.7. The molecule has 2 aromatic carbocycles. The Morgan fingerprint density at radius 2 is 2.09 bits per heavy atom. The number of hydrogen-bond donors (Lipinski definition) is 2. The number of rotatable bonds is 3. The van der Waals surface area contributed by atoms with Crippen LogP contribution in [0.1, 0.15) is 10.5 Å². The predicted octanol–water partition coefficient (Wildman–Crippen LogP) is 3.49. The molecule has 0 bridgehead atoms. The summed E-state index contributed by atoms with van der Waals surface area (Å²) in [7, 11) is 0. The van der Waals surface area contributed by atoms with E-state index in [1.807, 2.05) is 6.07 Å². The smallest absolute Gasteiger partial charge is 0.276 e. The summed E-state index contributed by atoms with van der Waals surface area (Å²) >= 11 is 3.32. The summed E-state index contributed by atoms with van der Waals surface area (Å²) in [6.45, 7) is 0. The monoisotopic (exact) mass is 360 g/mol.